The standard InChI is InChI=1S/C14H14N2O2/c1-18-13-7-5-6-12(10-13)14(17)15-11-16-8-3-2-4-9-16/h2-10H,11H2,1H3/p+1. The Kier molecular flexibility index (Phi) is 3.91. The lowest BCUT2D eigenvalue weighted by molar-refractivity contribution is -0.699. The van der Waals surface area contributed by atoms with Crippen LogP contribution in [0.3, 0.4) is 0 Å². The molecule has 0 unspecified atom stereocenters. The van der Waals surface area contributed by atoms with Gasteiger partial charge in [-0.05, 0) is 18.2 Å². The maximum Gasteiger partial charge on any atom is 0.256 e. The minimum absolute atomic E-state index is 0.120. The first-order valence-electron chi connectivity index (χ1n) is 5.66. The Balaban J connectivity index is 1.99. The third kappa shape index (κ3) is 3.07. The number of methoxy groups -OCH3 is 1. The molecular weight excluding hydrogens is 228 g/mol. The van der Waals surface area contributed by atoms with Crippen molar-refractivity contribution in [2.24, 2.45) is 0 Å². The second-order valence-corrected chi connectivity index (χ2v) is 3.79. The third-order valence-electron chi connectivity index (χ3n) is 2.53. The summed E-state index contributed by atoms with van der Waals surface area (Å²) in [6.45, 7) is 0.441. The van der Waals surface area contributed by atoms with E-state index in [0.29, 0.717) is 18.0 Å². The van der Waals surface area contributed by atoms with Crippen LogP contribution in [0.15, 0.2) is 54.9 Å². The summed E-state index contributed by atoms with van der Waals surface area (Å²) in [7, 11) is 1.58. The van der Waals surface area contributed by atoms with Crippen molar-refractivity contribution < 1.29 is 14.1 Å². The van der Waals surface area contributed by atoms with Crippen molar-refractivity contribution in [3.05, 3.63) is 60.4 Å². The first-order chi connectivity index (χ1) is 8.79. The Labute approximate surface area is 106 Å². The van der Waals surface area contributed by atoms with Gasteiger partial charge in [0, 0.05) is 17.7 Å². The smallest absolute Gasteiger partial charge is 0.256 e. The number of nitrogens with zero attached hydrogens (tertiary/aromatic N) is 1. The van der Waals surface area contributed by atoms with E-state index in [4.69, 9.17) is 4.74 Å². The second-order valence-electron chi connectivity index (χ2n) is 3.79. The van der Waals surface area contributed by atoms with Gasteiger partial charge in [0.2, 0.25) is 6.67 Å². The van der Waals surface area contributed by atoms with E-state index in [0.717, 1.165) is 0 Å². The zero-order valence-electron chi connectivity index (χ0n) is 10.2. The van der Waals surface area contributed by atoms with Crippen molar-refractivity contribution in [1.82, 2.24) is 5.32 Å². The van der Waals surface area contributed by atoms with E-state index in [1.54, 1.807) is 25.3 Å². The van der Waals surface area contributed by atoms with E-state index in [1.807, 2.05) is 41.2 Å². The van der Waals surface area contributed by atoms with Crippen LogP contribution in [0.25, 0.3) is 0 Å². The molecule has 0 fully saturated rings. The lowest BCUT2D eigenvalue weighted by Gasteiger charge is -2.04. The van der Waals surface area contributed by atoms with Gasteiger partial charge >= 0.3 is 0 Å². The van der Waals surface area contributed by atoms with Gasteiger partial charge in [0.1, 0.15) is 5.75 Å². The summed E-state index contributed by atoms with van der Waals surface area (Å²) >= 11 is 0. The molecule has 2 rings (SSSR count). The van der Waals surface area contributed by atoms with Crippen LogP contribution in [0.1, 0.15) is 10.4 Å². The lowest BCUT2D eigenvalue weighted by Crippen LogP contribution is -2.42. The minimum atomic E-state index is -0.120. The number of ether oxygens (including phenoxy) is 1. The number of rotatable bonds is 4. The van der Waals surface area contributed by atoms with E-state index in [2.05, 4.69) is 5.32 Å². The molecule has 0 aliphatic carbocycles. The highest BCUT2D eigenvalue weighted by atomic mass is 16.5. The summed E-state index contributed by atoms with van der Waals surface area (Å²) in [5.41, 5.74) is 0.589. The van der Waals surface area contributed by atoms with Crippen molar-refractivity contribution in [3.8, 4) is 5.75 Å². The molecule has 2 aromatic rings. The Bertz CT molecular complexity index is 526. The number of carbonyl (C=O) groups excluding carboxylic acids is 1. The highest BCUT2D eigenvalue weighted by Gasteiger charge is 2.07. The molecule has 92 valence electrons. The molecule has 0 aliphatic heterocycles. The molecule has 0 radical (unpaired) electrons. The first-order valence-corrected chi connectivity index (χ1v) is 5.66. The molecule has 1 heterocycles. The number of pyridine rings is 1. The number of aromatic nitrogens is 1. The number of carbonyl (C=O) groups is 1. The largest absolute Gasteiger partial charge is 0.497 e. The fraction of sp³-hybridized carbons (Fsp3) is 0.143. The first kappa shape index (κ1) is 12.1. The number of hydrogen-bond donors (Lipinski definition) is 1. The molecule has 1 N–H and O–H groups in total. The third-order valence-corrected chi connectivity index (χ3v) is 2.53. The molecule has 18 heavy (non-hydrogen) atoms. The molecule has 0 spiro atoms. The van der Waals surface area contributed by atoms with Gasteiger partial charge in [0.05, 0.1) is 7.11 Å². The quantitative estimate of drug-likeness (QED) is 0.824. The van der Waals surface area contributed by atoms with Crippen molar-refractivity contribution in [3.63, 3.8) is 0 Å². The Morgan fingerprint density at radius 2 is 2.00 bits per heavy atom. The van der Waals surface area contributed by atoms with Crippen molar-refractivity contribution >= 4 is 5.91 Å². The average molecular weight is 243 g/mol. The van der Waals surface area contributed by atoms with Gasteiger partial charge in [0.15, 0.2) is 12.4 Å². The SMILES string of the molecule is COc1cccc(C(=O)NC[n+]2ccccc2)c1. The predicted molar refractivity (Wildman–Crippen MR) is 67.1 cm³/mol. The molecule has 4 heteroatoms. The molecule has 0 atom stereocenters. The molecule has 1 aromatic carbocycles. The summed E-state index contributed by atoms with van der Waals surface area (Å²) in [5.74, 6) is 0.556. The highest BCUT2D eigenvalue weighted by Crippen LogP contribution is 2.12. The summed E-state index contributed by atoms with van der Waals surface area (Å²) in [5, 5.41) is 2.84. The van der Waals surface area contributed by atoms with Gasteiger partial charge in [-0.3, -0.25) is 10.1 Å². The van der Waals surface area contributed by atoms with Gasteiger partial charge in [-0.2, -0.15) is 4.57 Å². The fourth-order valence-electron chi connectivity index (χ4n) is 1.57. The predicted octanol–water partition coefficient (Wildman–Crippen LogP) is 1.37. The van der Waals surface area contributed by atoms with Crippen molar-refractivity contribution in [2.45, 2.75) is 6.67 Å². The normalized spacial score (nSPS) is 9.83. The van der Waals surface area contributed by atoms with Crippen molar-refractivity contribution in [2.75, 3.05) is 7.11 Å². The minimum Gasteiger partial charge on any atom is -0.497 e. The van der Waals surface area contributed by atoms with E-state index in [-0.39, 0.29) is 5.91 Å². The van der Waals surface area contributed by atoms with E-state index in [1.165, 1.54) is 0 Å². The molecule has 0 saturated heterocycles. The van der Waals surface area contributed by atoms with Crippen LogP contribution in [0, 0.1) is 0 Å². The number of nitrogens with one attached hydrogen (secondary N) is 1. The van der Waals surface area contributed by atoms with Crippen molar-refractivity contribution in [1.29, 1.82) is 0 Å². The summed E-state index contributed by atoms with van der Waals surface area (Å²) < 4.78 is 6.97. The Morgan fingerprint density at radius 3 is 2.72 bits per heavy atom. The molecule has 1 amide bonds. The summed E-state index contributed by atoms with van der Waals surface area (Å²) in [6, 6.07) is 12.8. The van der Waals surface area contributed by atoms with Crippen LogP contribution in [0.2, 0.25) is 0 Å². The average Bonchev–Trinajstić information content (AvgIpc) is 2.46. The van der Waals surface area contributed by atoms with Gasteiger partial charge in [-0.1, -0.05) is 12.1 Å². The van der Waals surface area contributed by atoms with Crippen LogP contribution >= 0.6 is 0 Å². The fourth-order valence-corrected chi connectivity index (χ4v) is 1.57. The molecule has 1 aromatic heterocycles. The number of benzene rings is 1. The van der Waals surface area contributed by atoms with E-state index < -0.39 is 0 Å². The molecule has 0 bridgehead atoms. The van der Waals surface area contributed by atoms with E-state index >= 15 is 0 Å². The monoisotopic (exact) mass is 243 g/mol. The highest BCUT2D eigenvalue weighted by molar-refractivity contribution is 5.94. The zero-order valence-corrected chi connectivity index (χ0v) is 10.2. The maximum absolute atomic E-state index is 11.9. The maximum atomic E-state index is 11.9. The van der Waals surface area contributed by atoms with Crippen LogP contribution < -0.4 is 14.6 Å². The van der Waals surface area contributed by atoms with E-state index in [9.17, 15) is 4.79 Å². The van der Waals surface area contributed by atoms with Crippen LogP contribution in [-0.2, 0) is 6.67 Å². The summed E-state index contributed by atoms with van der Waals surface area (Å²) in [4.78, 5) is 11.9. The Morgan fingerprint density at radius 1 is 1.22 bits per heavy atom. The van der Waals surface area contributed by atoms with Gasteiger partial charge < -0.3 is 4.74 Å². The molecular formula is C14H15N2O2+. The van der Waals surface area contributed by atoms with Gasteiger partial charge in [0.25, 0.3) is 5.91 Å². The molecule has 0 aliphatic rings. The van der Waals surface area contributed by atoms with Crippen LogP contribution in [-0.4, -0.2) is 13.0 Å². The molecule has 4 nitrogen and oxygen atoms in total. The molecule has 0 saturated carbocycles. The van der Waals surface area contributed by atoms with Crippen LogP contribution in [0.5, 0.6) is 5.75 Å². The van der Waals surface area contributed by atoms with Gasteiger partial charge in [-0.15, -0.1) is 0 Å². The lowest BCUT2D eigenvalue weighted by atomic mass is 10.2. The van der Waals surface area contributed by atoms with Crippen LogP contribution in [0.4, 0.5) is 0 Å². The van der Waals surface area contributed by atoms with Gasteiger partial charge in [-0.25, -0.2) is 0 Å². The Hall–Kier alpha value is -2.36. The topological polar surface area (TPSA) is 42.2 Å². The summed E-state index contributed by atoms with van der Waals surface area (Å²) in [6.07, 6.45) is 3.79. The zero-order chi connectivity index (χ0) is 12.8. The number of amides is 1. The second kappa shape index (κ2) is 5.82. The number of hydrogen-bond acceptors (Lipinski definition) is 2.